The molecule has 6 nitrogen and oxygen atoms in total. The van der Waals surface area contributed by atoms with Crippen molar-refractivity contribution in [2.75, 3.05) is 7.05 Å². The Morgan fingerprint density at radius 3 is 2.40 bits per heavy atom. The molecule has 0 radical (unpaired) electrons. The summed E-state index contributed by atoms with van der Waals surface area (Å²) in [5, 5.41) is 0.303. The van der Waals surface area contributed by atoms with Crippen LogP contribution in [0.1, 0.15) is 18.1 Å². The molecule has 0 bridgehead atoms. The van der Waals surface area contributed by atoms with Crippen molar-refractivity contribution in [3.05, 3.63) is 69.1 Å². The molecule has 1 aromatic heterocycles. The van der Waals surface area contributed by atoms with Gasteiger partial charge in [-0.25, -0.2) is 9.78 Å². The normalized spacial score (nSPS) is 11.4. The molecule has 3 rings (SSSR count). The van der Waals surface area contributed by atoms with Crippen molar-refractivity contribution in [3.8, 4) is 22.8 Å². The summed E-state index contributed by atoms with van der Waals surface area (Å²) in [4.78, 5) is 35.5. The Balaban J connectivity index is 2.01. The van der Waals surface area contributed by atoms with Crippen molar-refractivity contribution in [3.63, 3.8) is 0 Å². The van der Waals surface area contributed by atoms with E-state index in [1.54, 1.807) is 25.2 Å². The van der Waals surface area contributed by atoms with Crippen molar-refractivity contribution in [1.29, 1.82) is 0 Å². The third-order valence-corrected chi connectivity index (χ3v) is 4.69. The summed E-state index contributed by atoms with van der Waals surface area (Å²) in [5.41, 5.74) is -0.140. The summed E-state index contributed by atoms with van der Waals surface area (Å²) >= 11 is 6.26. The molecule has 0 spiro atoms. The van der Waals surface area contributed by atoms with E-state index in [1.165, 1.54) is 24.0 Å². The quantitative estimate of drug-likeness (QED) is 0.666. The van der Waals surface area contributed by atoms with Gasteiger partial charge in [0.05, 0.1) is 10.6 Å². The fourth-order valence-electron chi connectivity index (χ4n) is 2.69. The SMILES string of the molecule is CC(=O)N(C)Cc1ccc(Cl)c(-c2nc(-c3ccc(C(F)(F)F)cc3)nc(=O)[nH]2)c1. The molecule has 0 aliphatic heterocycles. The number of amides is 1. The zero-order chi connectivity index (χ0) is 22.1. The summed E-state index contributed by atoms with van der Waals surface area (Å²) in [6, 6.07) is 9.20. The Bertz CT molecular complexity index is 1140. The van der Waals surface area contributed by atoms with E-state index < -0.39 is 17.4 Å². The van der Waals surface area contributed by atoms with Crippen LogP contribution in [0.5, 0.6) is 0 Å². The first-order valence-corrected chi connectivity index (χ1v) is 9.09. The number of carbonyl (C=O) groups excluding carboxylic acids is 1. The molecule has 3 aromatic rings. The molecule has 0 saturated heterocycles. The zero-order valence-electron chi connectivity index (χ0n) is 15.9. The highest BCUT2D eigenvalue weighted by molar-refractivity contribution is 6.33. The van der Waals surface area contributed by atoms with Gasteiger partial charge in [-0.15, -0.1) is 0 Å². The first kappa shape index (κ1) is 21.5. The van der Waals surface area contributed by atoms with Gasteiger partial charge >= 0.3 is 11.9 Å². The van der Waals surface area contributed by atoms with Crippen LogP contribution in [0.25, 0.3) is 22.8 Å². The molecule has 1 heterocycles. The predicted molar refractivity (Wildman–Crippen MR) is 106 cm³/mol. The van der Waals surface area contributed by atoms with Gasteiger partial charge in [-0.2, -0.15) is 18.2 Å². The molecule has 1 amide bonds. The summed E-state index contributed by atoms with van der Waals surface area (Å²) in [5.74, 6) is -0.0430. The predicted octanol–water partition coefficient (Wildman–Crippen LogP) is 4.15. The van der Waals surface area contributed by atoms with Crippen LogP contribution in [0.2, 0.25) is 5.02 Å². The van der Waals surface area contributed by atoms with Crippen molar-refractivity contribution >= 4 is 17.5 Å². The molecule has 0 aliphatic carbocycles. The molecule has 0 atom stereocenters. The average Bonchev–Trinajstić information content (AvgIpc) is 2.68. The number of hydrogen-bond acceptors (Lipinski definition) is 4. The Morgan fingerprint density at radius 1 is 1.13 bits per heavy atom. The number of aromatic nitrogens is 3. The van der Waals surface area contributed by atoms with Crippen molar-refractivity contribution in [2.24, 2.45) is 0 Å². The minimum absolute atomic E-state index is 0.0372. The van der Waals surface area contributed by atoms with E-state index in [2.05, 4.69) is 15.0 Å². The molecule has 1 N–H and O–H groups in total. The number of rotatable bonds is 4. The van der Waals surface area contributed by atoms with Gasteiger partial charge in [0.2, 0.25) is 5.91 Å². The Morgan fingerprint density at radius 2 is 1.80 bits per heavy atom. The number of halogens is 4. The lowest BCUT2D eigenvalue weighted by atomic mass is 10.1. The lowest BCUT2D eigenvalue weighted by molar-refractivity contribution is -0.137. The summed E-state index contributed by atoms with van der Waals surface area (Å²) in [6.45, 7) is 1.76. The van der Waals surface area contributed by atoms with Crippen LogP contribution < -0.4 is 5.69 Å². The fourth-order valence-corrected chi connectivity index (χ4v) is 2.89. The standard InChI is InChI=1S/C20H16ClF3N4O2/c1-11(29)28(2)10-12-3-8-16(21)15(9-12)18-25-17(26-19(30)27-18)13-4-6-14(7-5-13)20(22,23)24/h3-9H,10H2,1-2H3,(H,25,26,27,30). The Hall–Kier alpha value is -3.20. The monoisotopic (exact) mass is 436 g/mol. The number of nitrogens with zero attached hydrogens (tertiary/aromatic N) is 3. The van der Waals surface area contributed by atoms with Crippen LogP contribution in [0.3, 0.4) is 0 Å². The lowest BCUT2D eigenvalue weighted by Crippen LogP contribution is -2.23. The number of carbonyl (C=O) groups is 1. The largest absolute Gasteiger partial charge is 0.416 e. The van der Waals surface area contributed by atoms with Gasteiger partial charge in [-0.3, -0.25) is 9.78 Å². The minimum Gasteiger partial charge on any atom is -0.342 e. The van der Waals surface area contributed by atoms with E-state index >= 15 is 0 Å². The third-order valence-electron chi connectivity index (χ3n) is 4.36. The fraction of sp³-hybridized carbons (Fsp3) is 0.200. The second-order valence-corrected chi connectivity index (χ2v) is 7.00. The number of benzene rings is 2. The van der Waals surface area contributed by atoms with E-state index in [4.69, 9.17) is 11.6 Å². The first-order chi connectivity index (χ1) is 14.0. The molecule has 0 fully saturated rings. The van der Waals surface area contributed by atoms with E-state index in [0.717, 1.165) is 17.7 Å². The van der Waals surface area contributed by atoms with Gasteiger partial charge in [0.25, 0.3) is 0 Å². The van der Waals surface area contributed by atoms with Crippen molar-refractivity contribution in [1.82, 2.24) is 19.9 Å². The summed E-state index contributed by atoms with van der Waals surface area (Å²) in [7, 11) is 1.64. The third kappa shape index (κ3) is 4.85. The smallest absolute Gasteiger partial charge is 0.342 e. The van der Waals surface area contributed by atoms with Gasteiger partial charge in [0, 0.05) is 31.6 Å². The van der Waals surface area contributed by atoms with Crippen LogP contribution >= 0.6 is 11.6 Å². The molecule has 10 heteroatoms. The molecular formula is C20H16ClF3N4O2. The highest BCUT2D eigenvalue weighted by Crippen LogP contribution is 2.31. The maximum absolute atomic E-state index is 12.8. The summed E-state index contributed by atoms with van der Waals surface area (Å²) < 4.78 is 38.3. The van der Waals surface area contributed by atoms with Gasteiger partial charge in [-0.05, 0) is 29.8 Å². The van der Waals surface area contributed by atoms with Crippen molar-refractivity contribution < 1.29 is 18.0 Å². The first-order valence-electron chi connectivity index (χ1n) is 8.71. The van der Waals surface area contributed by atoms with Crippen LogP contribution in [0.4, 0.5) is 13.2 Å². The average molecular weight is 437 g/mol. The number of nitrogens with one attached hydrogen (secondary N) is 1. The molecule has 2 aromatic carbocycles. The van der Waals surface area contributed by atoms with Gasteiger partial charge in [-0.1, -0.05) is 29.8 Å². The number of aromatic amines is 1. The Labute approximate surface area is 174 Å². The number of alkyl halides is 3. The molecule has 30 heavy (non-hydrogen) atoms. The molecule has 0 unspecified atom stereocenters. The maximum Gasteiger partial charge on any atom is 0.416 e. The highest BCUT2D eigenvalue weighted by atomic mass is 35.5. The molecular weight excluding hydrogens is 421 g/mol. The zero-order valence-corrected chi connectivity index (χ0v) is 16.7. The second kappa shape index (κ2) is 8.27. The lowest BCUT2D eigenvalue weighted by Gasteiger charge is -2.16. The second-order valence-electron chi connectivity index (χ2n) is 6.59. The topological polar surface area (TPSA) is 79.0 Å². The summed E-state index contributed by atoms with van der Waals surface area (Å²) in [6.07, 6.45) is -4.47. The van der Waals surface area contributed by atoms with Gasteiger partial charge in [0.1, 0.15) is 5.82 Å². The maximum atomic E-state index is 12.8. The number of hydrogen-bond donors (Lipinski definition) is 1. The van der Waals surface area contributed by atoms with Gasteiger partial charge < -0.3 is 4.90 Å². The van der Waals surface area contributed by atoms with E-state index in [0.29, 0.717) is 17.1 Å². The highest BCUT2D eigenvalue weighted by Gasteiger charge is 2.30. The van der Waals surface area contributed by atoms with E-state index in [1.807, 2.05) is 0 Å². The minimum atomic E-state index is -4.47. The van der Waals surface area contributed by atoms with Crippen LogP contribution in [-0.2, 0) is 17.5 Å². The van der Waals surface area contributed by atoms with Crippen LogP contribution in [0.15, 0.2) is 47.3 Å². The van der Waals surface area contributed by atoms with E-state index in [9.17, 15) is 22.8 Å². The van der Waals surface area contributed by atoms with Gasteiger partial charge in [0.15, 0.2) is 5.82 Å². The van der Waals surface area contributed by atoms with Crippen molar-refractivity contribution in [2.45, 2.75) is 19.6 Å². The molecule has 0 saturated carbocycles. The molecule has 0 aliphatic rings. The molecule has 156 valence electrons. The van der Waals surface area contributed by atoms with Crippen LogP contribution in [0, 0.1) is 0 Å². The Kier molecular flexibility index (Phi) is 5.93. The van der Waals surface area contributed by atoms with E-state index in [-0.39, 0.29) is 23.1 Å². The van der Waals surface area contributed by atoms with Crippen LogP contribution in [-0.4, -0.2) is 32.8 Å². The number of H-pyrrole nitrogens is 1.